The molecule has 0 saturated heterocycles. The molecule has 0 aromatic heterocycles. The normalized spacial score (nSPS) is 11.6. The van der Waals surface area contributed by atoms with E-state index in [1.807, 2.05) is 6.07 Å². The van der Waals surface area contributed by atoms with E-state index >= 15 is 0 Å². The first-order valence-electron chi connectivity index (χ1n) is 17.2. The first-order valence-corrected chi connectivity index (χ1v) is 17.2. The van der Waals surface area contributed by atoms with E-state index in [1.165, 1.54) is 77.2 Å². The van der Waals surface area contributed by atoms with Crippen LogP contribution in [0.25, 0.3) is 71.7 Å². The maximum Gasteiger partial charge on any atom is 0.0658 e. The van der Waals surface area contributed by atoms with Crippen LogP contribution in [0.5, 0.6) is 0 Å². The van der Waals surface area contributed by atoms with Gasteiger partial charge in [0.25, 0.3) is 0 Å². The van der Waals surface area contributed by atoms with E-state index in [4.69, 9.17) is 0 Å². The Morgan fingerprint density at radius 3 is 1.38 bits per heavy atom. The average Bonchev–Trinajstić information content (AvgIpc) is 3.19. The Hall–Kier alpha value is -6.31. The molecule has 0 saturated carbocycles. The van der Waals surface area contributed by atoms with Crippen LogP contribution in [0, 0.1) is 6.92 Å². The van der Waals surface area contributed by atoms with Crippen LogP contribution in [0.15, 0.2) is 187 Å². The summed E-state index contributed by atoms with van der Waals surface area (Å²) in [5, 5.41) is 5.01. The molecular formula is C49H37N. The first-order chi connectivity index (χ1) is 24.7. The first kappa shape index (κ1) is 31.0. The molecule has 8 aromatic rings. The van der Waals surface area contributed by atoms with Gasteiger partial charge in [-0.1, -0.05) is 188 Å². The van der Waals surface area contributed by atoms with Crippen molar-refractivity contribution >= 4 is 34.0 Å². The predicted octanol–water partition coefficient (Wildman–Crippen LogP) is 13.3. The molecule has 0 aliphatic heterocycles. The lowest BCUT2D eigenvalue weighted by molar-refractivity contribution is 1.26. The number of hydrogen-bond donors (Lipinski definition) is 0. The Morgan fingerprint density at radius 2 is 0.860 bits per heavy atom. The second-order valence-corrected chi connectivity index (χ2v) is 12.9. The van der Waals surface area contributed by atoms with E-state index in [-0.39, 0.29) is 0 Å². The van der Waals surface area contributed by atoms with Crippen LogP contribution < -0.4 is 0 Å². The molecule has 0 aliphatic carbocycles. The van der Waals surface area contributed by atoms with Crippen molar-refractivity contribution in [2.45, 2.75) is 13.3 Å². The summed E-state index contributed by atoms with van der Waals surface area (Å²) in [6.45, 7) is 6.03. The molecule has 1 heteroatoms. The quantitative estimate of drug-likeness (QED) is 0.147. The van der Waals surface area contributed by atoms with E-state index in [0.717, 1.165) is 17.7 Å². The molecule has 0 heterocycles. The van der Waals surface area contributed by atoms with Gasteiger partial charge in [0.2, 0.25) is 0 Å². The lowest BCUT2D eigenvalue weighted by Crippen LogP contribution is -1.90. The summed E-state index contributed by atoms with van der Waals surface area (Å²) in [5.41, 5.74) is 14.3. The average molecular weight is 640 g/mol. The molecular weight excluding hydrogens is 603 g/mol. The fraction of sp³-hybridized carbons (Fsp3) is 0.0408. The summed E-state index contributed by atoms with van der Waals surface area (Å²) in [5.74, 6) is 0. The van der Waals surface area contributed by atoms with Crippen LogP contribution in [-0.4, -0.2) is 6.72 Å². The molecule has 0 N–H and O–H groups in total. The van der Waals surface area contributed by atoms with Crippen molar-refractivity contribution < 1.29 is 0 Å². The third-order valence-corrected chi connectivity index (χ3v) is 9.76. The van der Waals surface area contributed by atoms with Crippen molar-refractivity contribution in [3.8, 4) is 44.5 Å². The largest absolute Gasteiger partial charge is 0.264 e. The van der Waals surface area contributed by atoms with Gasteiger partial charge in [-0.2, -0.15) is 0 Å². The van der Waals surface area contributed by atoms with E-state index in [1.54, 1.807) is 0 Å². The van der Waals surface area contributed by atoms with Gasteiger partial charge in [-0.3, -0.25) is 4.99 Å². The van der Waals surface area contributed by atoms with E-state index in [9.17, 15) is 0 Å². The molecule has 50 heavy (non-hydrogen) atoms. The Kier molecular flexibility index (Phi) is 8.47. The highest BCUT2D eigenvalue weighted by atomic mass is 14.7. The lowest BCUT2D eigenvalue weighted by Gasteiger charge is -2.16. The summed E-state index contributed by atoms with van der Waals surface area (Å²) in [7, 11) is 0. The second-order valence-electron chi connectivity index (χ2n) is 12.9. The topological polar surface area (TPSA) is 12.4 Å². The number of allylic oxidation sites excluding steroid dienone is 1. The van der Waals surface area contributed by atoms with Gasteiger partial charge >= 0.3 is 0 Å². The molecule has 0 bridgehead atoms. The highest BCUT2D eigenvalue weighted by molar-refractivity contribution is 6.12. The molecule has 0 radical (unpaired) electrons. The minimum absolute atomic E-state index is 0.790. The highest BCUT2D eigenvalue weighted by Crippen LogP contribution is 2.41. The van der Waals surface area contributed by atoms with Gasteiger partial charge in [-0.05, 0) is 97.2 Å². The number of rotatable bonds is 8. The molecule has 0 fully saturated rings. The zero-order valence-corrected chi connectivity index (χ0v) is 28.2. The smallest absolute Gasteiger partial charge is 0.0658 e. The third-order valence-electron chi connectivity index (χ3n) is 9.76. The molecule has 0 aliphatic rings. The Labute approximate surface area is 294 Å². The minimum Gasteiger partial charge on any atom is -0.264 e. The third kappa shape index (κ3) is 6.06. The van der Waals surface area contributed by atoms with E-state index < -0.39 is 0 Å². The van der Waals surface area contributed by atoms with Crippen molar-refractivity contribution in [1.82, 2.24) is 0 Å². The zero-order valence-electron chi connectivity index (χ0n) is 28.2. The van der Waals surface area contributed by atoms with Crippen LogP contribution in [-0.2, 0) is 6.42 Å². The summed E-state index contributed by atoms with van der Waals surface area (Å²) in [6, 6.07) is 63.5. The maximum absolute atomic E-state index is 4.40. The molecule has 8 aromatic carbocycles. The Bertz CT molecular complexity index is 2480. The summed E-state index contributed by atoms with van der Waals surface area (Å²) in [6.07, 6.45) is 2.95. The summed E-state index contributed by atoms with van der Waals surface area (Å²) >= 11 is 0. The number of nitrogens with zero attached hydrogens (tertiary/aromatic N) is 1. The number of aryl methyl sites for hydroxylation is 1. The standard InChI is InChI=1S/C49H37N/c1-34-16-21-38(22-17-34)41-29-31-47(45-14-8-6-12-43(41)45)48-32-30-42(44-13-7-9-15-46(44)48)39-25-27-40(28-26-39)49(50-2)33-20-35-18-23-37(24-19-35)36-10-4-3-5-11-36/h3-19,21-33H,2,20H2,1H3/b49-33-. The van der Waals surface area contributed by atoms with Crippen LogP contribution in [0.2, 0.25) is 0 Å². The number of hydrogen-bond acceptors (Lipinski definition) is 1. The number of aliphatic imine (C=N–C) groups is 1. The van der Waals surface area contributed by atoms with Crippen molar-refractivity contribution in [3.05, 3.63) is 199 Å². The predicted molar refractivity (Wildman–Crippen MR) is 216 cm³/mol. The van der Waals surface area contributed by atoms with Gasteiger partial charge in [-0.25, -0.2) is 0 Å². The highest BCUT2D eigenvalue weighted by Gasteiger charge is 2.14. The molecule has 8 rings (SSSR count). The van der Waals surface area contributed by atoms with Crippen LogP contribution in [0.1, 0.15) is 16.7 Å². The molecule has 0 unspecified atom stereocenters. The fourth-order valence-electron chi connectivity index (χ4n) is 7.08. The molecule has 1 nitrogen and oxygen atoms in total. The Balaban J connectivity index is 1.10. The zero-order chi connectivity index (χ0) is 33.9. The monoisotopic (exact) mass is 639 g/mol. The number of fused-ring (bicyclic) bond motifs is 2. The lowest BCUT2D eigenvalue weighted by atomic mass is 9.88. The number of benzene rings is 8. The van der Waals surface area contributed by atoms with E-state index in [2.05, 4.69) is 195 Å². The molecule has 238 valence electrons. The van der Waals surface area contributed by atoms with Crippen LogP contribution >= 0.6 is 0 Å². The minimum atomic E-state index is 0.790. The van der Waals surface area contributed by atoms with Gasteiger partial charge in [0.1, 0.15) is 0 Å². The van der Waals surface area contributed by atoms with E-state index in [0.29, 0.717) is 0 Å². The van der Waals surface area contributed by atoms with Crippen LogP contribution in [0.3, 0.4) is 0 Å². The molecule has 0 atom stereocenters. The maximum atomic E-state index is 4.40. The summed E-state index contributed by atoms with van der Waals surface area (Å²) < 4.78 is 0. The van der Waals surface area contributed by atoms with Gasteiger partial charge in [0.15, 0.2) is 0 Å². The van der Waals surface area contributed by atoms with Crippen molar-refractivity contribution in [3.63, 3.8) is 0 Å². The van der Waals surface area contributed by atoms with Crippen molar-refractivity contribution in [1.29, 1.82) is 0 Å². The van der Waals surface area contributed by atoms with Gasteiger partial charge in [0, 0.05) is 0 Å². The van der Waals surface area contributed by atoms with Crippen molar-refractivity contribution in [2.75, 3.05) is 0 Å². The summed E-state index contributed by atoms with van der Waals surface area (Å²) in [4.78, 5) is 4.40. The molecule has 0 spiro atoms. The van der Waals surface area contributed by atoms with Crippen LogP contribution in [0.4, 0.5) is 0 Å². The van der Waals surface area contributed by atoms with Gasteiger partial charge in [0.05, 0.1) is 5.70 Å². The second kappa shape index (κ2) is 13.7. The molecule has 0 amide bonds. The SMILES string of the molecule is C=N/C(=C\Cc1ccc(-c2ccccc2)cc1)c1ccc(-c2ccc(-c3ccc(-c4ccc(C)cc4)c4ccccc34)c3ccccc23)cc1. The van der Waals surface area contributed by atoms with Crippen molar-refractivity contribution in [2.24, 2.45) is 4.99 Å². The fourth-order valence-corrected chi connectivity index (χ4v) is 7.08. The van der Waals surface area contributed by atoms with Gasteiger partial charge < -0.3 is 0 Å². The Morgan fingerprint density at radius 1 is 0.440 bits per heavy atom. The van der Waals surface area contributed by atoms with Gasteiger partial charge in [-0.15, -0.1) is 0 Å².